The summed E-state index contributed by atoms with van der Waals surface area (Å²) in [6, 6.07) is 42.9. The van der Waals surface area contributed by atoms with Gasteiger partial charge in [0.15, 0.2) is 0 Å². The van der Waals surface area contributed by atoms with Crippen LogP contribution in [0.15, 0.2) is 114 Å². The number of hydrogen-bond donors (Lipinski definition) is 0. The lowest BCUT2D eigenvalue weighted by molar-refractivity contribution is -0.0399. The Kier molecular flexibility index (Phi) is 7.38. The van der Waals surface area contributed by atoms with Gasteiger partial charge in [0.1, 0.15) is 11.2 Å². The molecule has 4 bridgehead atoms. The van der Waals surface area contributed by atoms with E-state index in [0.29, 0.717) is 11.8 Å². The van der Waals surface area contributed by atoms with Crippen LogP contribution in [0.25, 0.3) is 44.2 Å². The van der Waals surface area contributed by atoms with Crippen LogP contribution in [0, 0.1) is 30.6 Å². The minimum absolute atomic E-state index is 0.00784. The minimum atomic E-state index is -0.108. The first-order valence-corrected chi connectivity index (χ1v) is 22.9. The van der Waals surface area contributed by atoms with Crippen molar-refractivity contribution in [2.24, 2.45) is 23.7 Å². The lowest BCUT2D eigenvalue weighted by atomic mass is 9.43. The summed E-state index contributed by atoms with van der Waals surface area (Å²) < 4.78 is 7.04. The summed E-state index contributed by atoms with van der Waals surface area (Å²) >= 11 is 0. The van der Waals surface area contributed by atoms with Gasteiger partial charge in [0.05, 0.1) is 5.69 Å². The summed E-state index contributed by atoms with van der Waals surface area (Å²) in [5.41, 5.74) is 21.1. The van der Waals surface area contributed by atoms with Crippen molar-refractivity contribution < 1.29 is 4.42 Å². The van der Waals surface area contributed by atoms with E-state index in [1.165, 1.54) is 110 Å². The molecule has 13 rings (SSSR count). The first-order chi connectivity index (χ1) is 28.6. The average Bonchev–Trinajstić information content (AvgIpc) is 3.79. The van der Waals surface area contributed by atoms with E-state index in [0.717, 1.165) is 23.0 Å². The van der Waals surface area contributed by atoms with Gasteiger partial charge in [-0.25, -0.2) is 0 Å². The Labute approximate surface area is 357 Å². The third kappa shape index (κ3) is 4.88. The van der Waals surface area contributed by atoms with Gasteiger partial charge in [-0.3, -0.25) is 0 Å². The van der Waals surface area contributed by atoms with Crippen LogP contribution < -0.4 is 4.90 Å². The Hall–Kier alpha value is -5.08. The van der Waals surface area contributed by atoms with Crippen molar-refractivity contribution in [3.63, 3.8) is 0 Å². The molecule has 1 spiro atoms. The molecule has 0 unspecified atom stereocenters. The number of nitrogens with zero attached hydrogens (tertiary/aromatic N) is 1. The van der Waals surface area contributed by atoms with Gasteiger partial charge in [-0.1, -0.05) is 122 Å². The first kappa shape index (κ1) is 36.7. The highest BCUT2D eigenvalue weighted by molar-refractivity contribution is 6.09. The molecule has 0 amide bonds. The van der Waals surface area contributed by atoms with E-state index < -0.39 is 0 Å². The van der Waals surface area contributed by atoms with E-state index >= 15 is 0 Å². The Bertz CT molecular complexity index is 2930. The Morgan fingerprint density at radius 2 is 1.12 bits per heavy atom. The zero-order valence-corrected chi connectivity index (χ0v) is 37.1. The van der Waals surface area contributed by atoms with Crippen molar-refractivity contribution in [3.8, 4) is 22.3 Å². The van der Waals surface area contributed by atoms with Crippen molar-refractivity contribution in [2.75, 3.05) is 4.90 Å². The van der Waals surface area contributed by atoms with Crippen LogP contribution >= 0.6 is 0 Å². The van der Waals surface area contributed by atoms with E-state index in [2.05, 4.69) is 176 Å². The van der Waals surface area contributed by atoms with Crippen LogP contribution in [0.4, 0.5) is 17.1 Å². The highest BCUT2D eigenvalue weighted by Crippen LogP contribution is 2.69. The monoisotopic (exact) mass is 785 g/mol. The lowest BCUT2D eigenvalue weighted by Gasteiger charge is -2.61. The minimum Gasteiger partial charge on any atom is -0.456 e. The second kappa shape index (κ2) is 12.1. The highest BCUT2D eigenvalue weighted by atomic mass is 16.3. The van der Waals surface area contributed by atoms with Crippen LogP contribution in [0.5, 0.6) is 0 Å². The number of furan rings is 1. The molecule has 1 heterocycles. The van der Waals surface area contributed by atoms with Gasteiger partial charge in [0, 0.05) is 39.0 Å². The average molecular weight is 786 g/mol. The number of aryl methyl sites for hydroxylation is 1. The summed E-state index contributed by atoms with van der Waals surface area (Å²) in [5.74, 6) is 3.24. The molecule has 2 nitrogen and oxygen atoms in total. The molecule has 6 aliphatic carbocycles. The lowest BCUT2D eigenvalue weighted by Crippen LogP contribution is -2.55. The molecule has 2 heteroatoms. The zero-order valence-electron chi connectivity index (χ0n) is 37.1. The van der Waals surface area contributed by atoms with Gasteiger partial charge in [0.25, 0.3) is 0 Å². The van der Waals surface area contributed by atoms with Gasteiger partial charge in [-0.15, -0.1) is 0 Å². The van der Waals surface area contributed by atoms with Gasteiger partial charge in [-0.05, 0) is 171 Å². The molecule has 4 saturated carbocycles. The van der Waals surface area contributed by atoms with Crippen molar-refractivity contribution >= 4 is 39.0 Å². The van der Waals surface area contributed by atoms with Crippen LogP contribution in [0.1, 0.15) is 126 Å². The predicted molar refractivity (Wildman–Crippen MR) is 251 cm³/mol. The maximum atomic E-state index is 7.04. The molecule has 302 valence electrons. The third-order valence-corrected chi connectivity index (χ3v) is 16.4. The normalized spacial score (nSPS) is 24.3. The summed E-state index contributed by atoms with van der Waals surface area (Å²) in [6.45, 7) is 21.1. The van der Waals surface area contributed by atoms with Gasteiger partial charge in [0.2, 0.25) is 0 Å². The molecular formula is C58H59NO. The zero-order chi connectivity index (χ0) is 41.2. The molecule has 7 aromatic rings. The number of hydrogen-bond acceptors (Lipinski definition) is 2. The first-order valence-electron chi connectivity index (χ1n) is 22.9. The predicted octanol–water partition coefficient (Wildman–Crippen LogP) is 16.0. The van der Waals surface area contributed by atoms with E-state index in [4.69, 9.17) is 4.42 Å². The molecule has 0 atom stereocenters. The summed E-state index contributed by atoms with van der Waals surface area (Å²) in [5, 5.41) is 2.46. The van der Waals surface area contributed by atoms with Crippen molar-refractivity contribution in [2.45, 2.75) is 116 Å². The Morgan fingerprint density at radius 3 is 1.75 bits per heavy atom. The molecule has 0 saturated heterocycles. The Morgan fingerprint density at radius 1 is 0.550 bits per heavy atom. The molecule has 0 aliphatic heterocycles. The number of fused-ring (bicyclic) bond motifs is 9. The van der Waals surface area contributed by atoms with E-state index in [9.17, 15) is 0 Å². The molecule has 60 heavy (non-hydrogen) atoms. The largest absolute Gasteiger partial charge is 0.456 e. The molecular weight excluding hydrogens is 727 g/mol. The maximum Gasteiger partial charge on any atom is 0.137 e. The molecule has 0 N–H and O–H groups in total. The highest BCUT2D eigenvalue weighted by Gasteiger charge is 2.61. The molecule has 1 aromatic heterocycles. The third-order valence-electron chi connectivity index (χ3n) is 16.4. The van der Waals surface area contributed by atoms with Gasteiger partial charge in [-0.2, -0.15) is 0 Å². The fraction of sp³-hybridized carbons (Fsp3) is 0.379. The van der Waals surface area contributed by atoms with Crippen LogP contribution in [0.2, 0.25) is 0 Å². The maximum absolute atomic E-state index is 7.04. The van der Waals surface area contributed by atoms with Crippen molar-refractivity contribution in [1.29, 1.82) is 0 Å². The standard InChI is InChI=1S/C58H59NO/c1-33-22-45-52(60-53-29-36(55(2,3)4)28-50(54(45)53)56(5,6)7)32-51(33)59(39-18-20-43-41-14-10-12-16-46(41)57(8,9)48(43)30-39)40-19-21-44-42-15-11-13-17-47(42)58(49(44)31-40)37-24-34-23-35(26-37)27-38(58)25-34/h10-22,28-32,34-35,37-38H,23-27H2,1-9H3. The molecule has 6 aromatic carbocycles. The second-order valence-electron chi connectivity index (χ2n) is 22.3. The van der Waals surface area contributed by atoms with Gasteiger partial charge >= 0.3 is 0 Å². The SMILES string of the molecule is Cc1cc2c(cc1N(c1ccc3c(c1)C(C)(C)c1ccccc1-3)c1ccc3c(c1)C1(c4ccccc4-3)C3CC4CC(C3)CC1C4)oc1cc(C(C)(C)C)cc(C(C)(C)C)c12. The summed E-state index contributed by atoms with van der Waals surface area (Å²) in [4.78, 5) is 2.58. The van der Waals surface area contributed by atoms with E-state index in [1.807, 2.05) is 0 Å². The van der Waals surface area contributed by atoms with E-state index in [-0.39, 0.29) is 21.7 Å². The number of anilines is 3. The molecule has 6 aliphatic rings. The fourth-order valence-corrected chi connectivity index (χ4v) is 13.9. The van der Waals surface area contributed by atoms with Crippen LogP contribution in [0.3, 0.4) is 0 Å². The quantitative estimate of drug-likeness (QED) is 0.177. The molecule has 4 fully saturated rings. The van der Waals surface area contributed by atoms with Crippen LogP contribution in [-0.2, 0) is 21.7 Å². The van der Waals surface area contributed by atoms with E-state index in [1.54, 1.807) is 11.1 Å². The Balaban J connectivity index is 1.10. The second-order valence-corrected chi connectivity index (χ2v) is 22.3. The number of rotatable bonds is 3. The molecule has 0 radical (unpaired) electrons. The summed E-state index contributed by atoms with van der Waals surface area (Å²) in [7, 11) is 0. The van der Waals surface area contributed by atoms with Crippen LogP contribution in [-0.4, -0.2) is 0 Å². The summed E-state index contributed by atoms with van der Waals surface area (Å²) in [6.07, 6.45) is 6.98. The smallest absolute Gasteiger partial charge is 0.137 e. The topological polar surface area (TPSA) is 16.4 Å². The van der Waals surface area contributed by atoms with Crippen molar-refractivity contribution in [3.05, 3.63) is 148 Å². The fourth-order valence-electron chi connectivity index (χ4n) is 13.9. The van der Waals surface area contributed by atoms with Gasteiger partial charge < -0.3 is 9.32 Å². The van der Waals surface area contributed by atoms with Crippen molar-refractivity contribution in [1.82, 2.24) is 0 Å². The number of benzene rings is 6.